The minimum absolute atomic E-state index is 0.175. The lowest BCUT2D eigenvalue weighted by atomic mass is 10.1. The van der Waals surface area contributed by atoms with Crippen molar-refractivity contribution in [2.24, 2.45) is 0 Å². The molecule has 106 valence electrons. The SMILES string of the molecule is CN(CCCCCO)C(=O)c1cc(N)cc(Cl)c1Cl. The minimum Gasteiger partial charge on any atom is -0.399 e. The summed E-state index contributed by atoms with van der Waals surface area (Å²) < 4.78 is 0. The van der Waals surface area contributed by atoms with Crippen molar-refractivity contribution in [1.82, 2.24) is 4.90 Å². The van der Waals surface area contributed by atoms with E-state index in [2.05, 4.69) is 0 Å². The van der Waals surface area contributed by atoms with Gasteiger partial charge in [0.2, 0.25) is 0 Å². The number of benzene rings is 1. The Morgan fingerprint density at radius 2 is 2.00 bits per heavy atom. The zero-order valence-electron chi connectivity index (χ0n) is 10.8. The number of amides is 1. The lowest BCUT2D eigenvalue weighted by Crippen LogP contribution is -2.28. The fraction of sp³-hybridized carbons (Fsp3) is 0.462. The van der Waals surface area contributed by atoms with Crippen LogP contribution in [0.25, 0.3) is 0 Å². The van der Waals surface area contributed by atoms with Crippen LogP contribution in [-0.2, 0) is 0 Å². The Hall–Kier alpha value is -0.970. The van der Waals surface area contributed by atoms with E-state index in [0.29, 0.717) is 17.8 Å². The van der Waals surface area contributed by atoms with Gasteiger partial charge in [-0.15, -0.1) is 0 Å². The Bertz CT molecular complexity index is 453. The summed E-state index contributed by atoms with van der Waals surface area (Å²) in [5, 5.41) is 9.19. The highest BCUT2D eigenvalue weighted by molar-refractivity contribution is 6.44. The standard InChI is InChI=1S/C13H18Cl2N2O2/c1-17(5-3-2-4-6-18)13(19)10-7-9(16)8-11(14)12(10)15/h7-8,18H,2-6,16H2,1H3. The van der Waals surface area contributed by atoms with Gasteiger partial charge in [0.05, 0.1) is 15.6 Å². The summed E-state index contributed by atoms with van der Waals surface area (Å²) in [5.41, 5.74) is 6.39. The fourth-order valence-electron chi connectivity index (χ4n) is 1.71. The van der Waals surface area contributed by atoms with Gasteiger partial charge in [-0.3, -0.25) is 4.79 Å². The summed E-state index contributed by atoms with van der Waals surface area (Å²) in [7, 11) is 1.70. The van der Waals surface area contributed by atoms with Crippen molar-refractivity contribution in [3.8, 4) is 0 Å². The maximum atomic E-state index is 12.2. The van der Waals surface area contributed by atoms with Crippen molar-refractivity contribution in [2.75, 3.05) is 25.9 Å². The van der Waals surface area contributed by atoms with Crippen molar-refractivity contribution in [2.45, 2.75) is 19.3 Å². The number of nitrogen functional groups attached to an aromatic ring is 1. The molecule has 1 aromatic rings. The molecule has 0 radical (unpaired) electrons. The van der Waals surface area contributed by atoms with Gasteiger partial charge in [0, 0.05) is 25.9 Å². The summed E-state index contributed by atoms with van der Waals surface area (Å²) >= 11 is 11.9. The van der Waals surface area contributed by atoms with Gasteiger partial charge in [0.1, 0.15) is 0 Å². The third-order valence-electron chi connectivity index (χ3n) is 2.78. The number of carbonyl (C=O) groups is 1. The summed E-state index contributed by atoms with van der Waals surface area (Å²) in [5.74, 6) is -0.205. The first-order valence-corrected chi connectivity index (χ1v) is 6.83. The number of nitrogens with two attached hydrogens (primary N) is 1. The zero-order chi connectivity index (χ0) is 14.4. The molecule has 0 atom stereocenters. The fourth-order valence-corrected chi connectivity index (χ4v) is 2.13. The van der Waals surface area contributed by atoms with Crippen molar-refractivity contribution >= 4 is 34.8 Å². The highest BCUT2D eigenvalue weighted by atomic mass is 35.5. The van der Waals surface area contributed by atoms with Gasteiger partial charge >= 0.3 is 0 Å². The maximum Gasteiger partial charge on any atom is 0.255 e. The second-order valence-electron chi connectivity index (χ2n) is 4.38. The van der Waals surface area contributed by atoms with E-state index in [9.17, 15) is 4.79 Å². The van der Waals surface area contributed by atoms with Crippen molar-refractivity contribution < 1.29 is 9.90 Å². The Labute approximate surface area is 123 Å². The molecule has 0 aromatic heterocycles. The summed E-state index contributed by atoms with van der Waals surface area (Å²) in [6, 6.07) is 3.04. The van der Waals surface area contributed by atoms with Crippen LogP contribution in [0.15, 0.2) is 12.1 Å². The Morgan fingerprint density at radius 1 is 1.32 bits per heavy atom. The molecule has 0 spiro atoms. The van der Waals surface area contributed by atoms with E-state index in [4.69, 9.17) is 34.0 Å². The highest BCUT2D eigenvalue weighted by Crippen LogP contribution is 2.29. The Morgan fingerprint density at radius 3 is 2.63 bits per heavy atom. The first-order chi connectivity index (χ1) is 8.97. The number of hydrogen-bond acceptors (Lipinski definition) is 3. The number of anilines is 1. The van der Waals surface area contributed by atoms with Crippen molar-refractivity contribution in [3.63, 3.8) is 0 Å². The van der Waals surface area contributed by atoms with Gasteiger partial charge in [0.25, 0.3) is 5.91 Å². The summed E-state index contributed by atoms with van der Waals surface area (Å²) in [6.07, 6.45) is 2.45. The number of carbonyl (C=O) groups excluding carboxylic acids is 1. The Kier molecular flexibility index (Phi) is 6.42. The third-order valence-corrected chi connectivity index (χ3v) is 3.58. The van der Waals surface area contributed by atoms with Crippen LogP contribution in [-0.4, -0.2) is 36.1 Å². The monoisotopic (exact) mass is 304 g/mol. The molecule has 0 heterocycles. The van der Waals surface area contributed by atoms with Gasteiger partial charge in [-0.1, -0.05) is 23.2 Å². The second-order valence-corrected chi connectivity index (χ2v) is 5.16. The molecule has 4 nitrogen and oxygen atoms in total. The molecule has 0 saturated carbocycles. The van der Waals surface area contributed by atoms with Crippen LogP contribution >= 0.6 is 23.2 Å². The van der Waals surface area contributed by atoms with E-state index >= 15 is 0 Å². The molecule has 1 rings (SSSR count). The third kappa shape index (κ3) is 4.56. The maximum absolute atomic E-state index is 12.2. The van der Waals surface area contributed by atoms with Crippen LogP contribution in [0.2, 0.25) is 10.0 Å². The zero-order valence-corrected chi connectivity index (χ0v) is 12.3. The van der Waals surface area contributed by atoms with E-state index in [1.54, 1.807) is 11.9 Å². The average Bonchev–Trinajstić information content (AvgIpc) is 2.37. The highest BCUT2D eigenvalue weighted by Gasteiger charge is 2.17. The molecule has 0 aliphatic carbocycles. The topological polar surface area (TPSA) is 66.6 Å². The normalized spacial score (nSPS) is 10.5. The van der Waals surface area contributed by atoms with Crippen LogP contribution < -0.4 is 5.73 Å². The minimum atomic E-state index is -0.205. The quantitative estimate of drug-likeness (QED) is 0.627. The molecule has 1 amide bonds. The molecule has 0 bridgehead atoms. The van der Waals surface area contributed by atoms with Gasteiger partial charge < -0.3 is 15.7 Å². The van der Waals surface area contributed by atoms with Crippen LogP contribution in [0.4, 0.5) is 5.69 Å². The van der Waals surface area contributed by atoms with E-state index in [0.717, 1.165) is 19.3 Å². The summed E-state index contributed by atoms with van der Waals surface area (Å²) in [6.45, 7) is 0.774. The largest absolute Gasteiger partial charge is 0.399 e. The molecule has 19 heavy (non-hydrogen) atoms. The molecule has 0 saturated heterocycles. The summed E-state index contributed by atoms with van der Waals surface area (Å²) in [4.78, 5) is 13.8. The molecular weight excluding hydrogens is 287 g/mol. The van der Waals surface area contributed by atoms with Crippen LogP contribution in [0.3, 0.4) is 0 Å². The molecular formula is C13H18Cl2N2O2. The predicted octanol–water partition coefficient (Wildman–Crippen LogP) is 2.81. The number of aliphatic hydroxyl groups excluding tert-OH is 1. The molecule has 3 N–H and O–H groups in total. The van der Waals surface area contributed by atoms with Gasteiger partial charge in [-0.25, -0.2) is 0 Å². The number of unbranched alkanes of at least 4 members (excludes halogenated alkanes) is 2. The smallest absolute Gasteiger partial charge is 0.255 e. The van der Waals surface area contributed by atoms with Gasteiger partial charge in [-0.2, -0.15) is 0 Å². The average molecular weight is 305 g/mol. The number of rotatable bonds is 6. The lowest BCUT2D eigenvalue weighted by molar-refractivity contribution is 0.0792. The van der Waals surface area contributed by atoms with Crippen LogP contribution in [0.5, 0.6) is 0 Å². The van der Waals surface area contributed by atoms with Crippen molar-refractivity contribution in [1.29, 1.82) is 0 Å². The number of nitrogens with zero attached hydrogens (tertiary/aromatic N) is 1. The second kappa shape index (κ2) is 7.58. The van der Waals surface area contributed by atoms with E-state index in [-0.39, 0.29) is 22.6 Å². The van der Waals surface area contributed by atoms with E-state index in [1.807, 2.05) is 0 Å². The molecule has 1 aromatic carbocycles. The molecule has 0 unspecified atom stereocenters. The first-order valence-electron chi connectivity index (χ1n) is 6.08. The predicted molar refractivity (Wildman–Crippen MR) is 78.8 cm³/mol. The van der Waals surface area contributed by atoms with E-state index < -0.39 is 0 Å². The molecule has 0 aliphatic heterocycles. The lowest BCUT2D eigenvalue weighted by Gasteiger charge is -2.18. The number of halogens is 2. The molecule has 0 fully saturated rings. The van der Waals surface area contributed by atoms with E-state index in [1.165, 1.54) is 12.1 Å². The van der Waals surface area contributed by atoms with Crippen LogP contribution in [0.1, 0.15) is 29.6 Å². The Balaban J connectivity index is 2.71. The van der Waals surface area contributed by atoms with Crippen molar-refractivity contribution in [3.05, 3.63) is 27.7 Å². The van der Waals surface area contributed by atoms with Gasteiger partial charge in [-0.05, 0) is 31.4 Å². The number of hydrogen-bond donors (Lipinski definition) is 2. The number of aliphatic hydroxyl groups is 1. The molecule has 6 heteroatoms. The first kappa shape index (κ1) is 16.1. The van der Waals surface area contributed by atoms with Gasteiger partial charge in [0.15, 0.2) is 0 Å². The van der Waals surface area contributed by atoms with Crippen LogP contribution in [0, 0.1) is 0 Å². The molecule has 0 aliphatic rings.